The lowest BCUT2D eigenvalue weighted by atomic mass is 10.2. The molecule has 21 heavy (non-hydrogen) atoms. The van der Waals surface area contributed by atoms with E-state index in [1.54, 1.807) is 18.3 Å². The molecule has 2 heterocycles. The number of hydrogen-bond donors (Lipinski definition) is 2. The van der Waals surface area contributed by atoms with E-state index in [-0.39, 0.29) is 24.2 Å². The van der Waals surface area contributed by atoms with Gasteiger partial charge in [-0.3, -0.25) is 5.10 Å². The third-order valence-electron chi connectivity index (χ3n) is 2.90. The molecule has 2 aromatic heterocycles. The second-order valence-electron chi connectivity index (χ2n) is 4.28. The van der Waals surface area contributed by atoms with Crippen molar-refractivity contribution in [3.63, 3.8) is 0 Å². The number of nitrogens with one attached hydrogen (secondary N) is 1. The Hall–Kier alpha value is -2.90. The van der Waals surface area contributed by atoms with Crippen LogP contribution in [0.2, 0.25) is 0 Å². The fraction of sp³-hybridized carbons (Fsp3) is 0.154. The molecule has 0 radical (unpaired) electrons. The number of fused-ring (bicyclic) bond motifs is 1. The summed E-state index contributed by atoms with van der Waals surface area (Å²) in [4.78, 5) is 8.16. The Morgan fingerprint density at radius 2 is 2.19 bits per heavy atom. The van der Waals surface area contributed by atoms with Crippen molar-refractivity contribution in [3.05, 3.63) is 35.8 Å². The molecule has 108 valence electrons. The maximum Gasteiger partial charge on any atom is 0.320 e. The molecule has 0 atom stereocenters. The molecule has 0 fully saturated rings. The van der Waals surface area contributed by atoms with Crippen LogP contribution in [0.3, 0.4) is 0 Å². The second-order valence-corrected chi connectivity index (χ2v) is 4.28. The van der Waals surface area contributed by atoms with Crippen LogP contribution in [0.15, 0.2) is 24.4 Å². The van der Waals surface area contributed by atoms with Crippen LogP contribution in [0.4, 0.5) is 10.2 Å². The van der Waals surface area contributed by atoms with Crippen molar-refractivity contribution in [2.24, 2.45) is 0 Å². The molecule has 3 rings (SSSR count). The molecule has 0 amide bonds. The highest BCUT2D eigenvalue weighted by Gasteiger charge is 2.09. The number of halogens is 1. The summed E-state index contributed by atoms with van der Waals surface area (Å²) in [5, 5.41) is 7.16. The van der Waals surface area contributed by atoms with Crippen molar-refractivity contribution in [1.29, 1.82) is 0 Å². The summed E-state index contributed by atoms with van der Waals surface area (Å²) in [6, 6.07) is 4.57. The van der Waals surface area contributed by atoms with Crippen LogP contribution in [-0.4, -0.2) is 27.3 Å². The van der Waals surface area contributed by atoms with E-state index in [1.165, 1.54) is 13.2 Å². The topological polar surface area (TPSA) is 98.9 Å². The van der Waals surface area contributed by atoms with Gasteiger partial charge >= 0.3 is 6.01 Å². The maximum atomic E-state index is 13.3. The number of anilines is 1. The van der Waals surface area contributed by atoms with Crippen molar-refractivity contribution < 1.29 is 13.9 Å². The van der Waals surface area contributed by atoms with E-state index in [1.807, 2.05) is 0 Å². The zero-order valence-corrected chi connectivity index (χ0v) is 11.1. The summed E-state index contributed by atoms with van der Waals surface area (Å²) in [5.41, 5.74) is 6.99. The number of nitrogens with two attached hydrogens (primary N) is 1. The van der Waals surface area contributed by atoms with Crippen molar-refractivity contribution in [2.75, 3.05) is 12.8 Å². The van der Waals surface area contributed by atoms with Crippen molar-refractivity contribution in [3.8, 4) is 11.8 Å². The molecular formula is C13H12FN5O2. The van der Waals surface area contributed by atoms with Gasteiger partial charge in [0.05, 0.1) is 18.7 Å². The second kappa shape index (κ2) is 5.23. The van der Waals surface area contributed by atoms with Crippen LogP contribution in [0.5, 0.6) is 11.8 Å². The van der Waals surface area contributed by atoms with Gasteiger partial charge in [0.15, 0.2) is 17.2 Å². The molecule has 1 aromatic carbocycles. The number of rotatable bonds is 4. The Kier molecular flexibility index (Phi) is 3.27. The minimum atomic E-state index is -0.430. The minimum Gasteiger partial charge on any atom is -0.494 e. The van der Waals surface area contributed by atoms with Gasteiger partial charge in [-0.2, -0.15) is 15.1 Å². The summed E-state index contributed by atoms with van der Waals surface area (Å²) in [7, 11) is 1.40. The molecule has 0 bridgehead atoms. The van der Waals surface area contributed by atoms with Gasteiger partial charge in [-0.25, -0.2) is 4.39 Å². The molecule has 0 aliphatic rings. The Balaban J connectivity index is 1.79. The number of nitrogen functional groups attached to an aromatic ring is 1. The van der Waals surface area contributed by atoms with Gasteiger partial charge in [0.1, 0.15) is 12.4 Å². The molecule has 8 heteroatoms. The van der Waals surface area contributed by atoms with E-state index in [4.69, 9.17) is 15.2 Å². The summed E-state index contributed by atoms with van der Waals surface area (Å²) < 4.78 is 23.7. The van der Waals surface area contributed by atoms with E-state index < -0.39 is 5.82 Å². The normalized spacial score (nSPS) is 10.8. The highest BCUT2D eigenvalue weighted by Crippen LogP contribution is 2.21. The van der Waals surface area contributed by atoms with Gasteiger partial charge in [-0.15, -0.1) is 0 Å². The summed E-state index contributed by atoms with van der Waals surface area (Å²) >= 11 is 0. The molecule has 0 saturated heterocycles. The third kappa shape index (κ3) is 2.55. The predicted molar refractivity (Wildman–Crippen MR) is 73.4 cm³/mol. The highest BCUT2D eigenvalue weighted by molar-refractivity contribution is 5.84. The number of aromatic nitrogens is 4. The maximum absolute atomic E-state index is 13.3. The lowest BCUT2D eigenvalue weighted by molar-refractivity contribution is 0.281. The molecule has 0 spiro atoms. The van der Waals surface area contributed by atoms with E-state index in [0.29, 0.717) is 11.0 Å². The largest absolute Gasteiger partial charge is 0.494 e. The average Bonchev–Trinajstić information content (AvgIpc) is 2.95. The van der Waals surface area contributed by atoms with Crippen LogP contribution >= 0.6 is 0 Å². The number of ether oxygens (including phenoxy) is 2. The first-order chi connectivity index (χ1) is 10.2. The molecule has 7 nitrogen and oxygen atoms in total. The molecule has 0 saturated carbocycles. The quantitative estimate of drug-likeness (QED) is 0.758. The van der Waals surface area contributed by atoms with Gasteiger partial charge in [0.25, 0.3) is 0 Å². The van der Waals surface area contributed by atoms with Gasteiger partial charge < -0.3 is 15.2 Å². The summed E-state index contributed by atoms with van der Waals surface area (Å²) in [5.74, 6) is 0.00149. The highest BCUT2D eigenvalue weighted by atomic mass is 19.1. The van der Waals surface area contributed by atoms with Crippen LogP contribution in [0.25, 0.3) is 11.0 Å². The van der Waals surface area contributed by atoms with E-state index in [9.17, 15) is 4.39 Å². The number of nitrogens with zero attached hydrogens (tertiary/aromatic N) is 3. The van der Waals surface area contributed by atoms with E-state index in [2.05, 4.69) is 20.2 Å². The fourth-order valence-corrected chi connectivity index (χ4v) is 1.84. The molecule has 3 aromatic rings. The molecule has 0 unspecified atom stereocenters. The summed E-state index contributed by atoms with van der Waals surface area (Å²) in [6.45, 7) is 0.162. The molecule has 3 N–H and O–H groups in total. The van der Waals surface area contributed by atoms with Crippen molar-refractivity contribution in [2.45, 2.75) is 6.61 Å². The lowest BCUT2D eigenvalue weighted by Crippen LogP contribution is -2.03. The van der Waals surface area contributed by atoms with Crippen LogP contribution in [0.1, 0.15) is 5.56 Å². The monoisotopic (exact) mass is 289 g/mol. The Morgan fingerprint density at radius 3 is 3.00 bits per heavy atom. The van der Waals surface area contributed by atoms with Gasteiger partial charge in [0, 0.05) is 0 Å². The van der Waals surface area contributed by atoms with Gasteiger partial charge in [-0.1, -0.05) is 6.07 Å². The first-order valence-corrected chi connectivity index (χ1v) is 6.09. The number of benzene rings is 1. The molecular weight excluding hydrogens is 277 g/mol. The fourth-order valence-electron chi connectivity index (χ4n) is 1.84. The summed E-state index contributed by atoms with van der Waals surface area (Å²) in [6.07, 6.45) is 1.54. The van der Waals surface area contributed by atoms with E-state index in [0.717, 1.165) is 5.56 Å². The van der Waals surface area contributed by atoms with Crippen LogP contribution < -0.4 is 15.2 Å². The number of H-pyrrole nitrogens is 1. The van der Waals surface area contributed by atoms with Crippen molar-refractivity contribution in [1.82, 2.24) is 20.2 Å². The Labute approximate surface area is 118 Å². The molecule has 0 aliphatic carbocycles. The first kappa shape index (κ1) is 13.1. The van der Waals surface area contributed by atoms with Crippen molar-refractivity contribution >= 4 is 16.9 Å². The number of methoxy groups -OCH3 is 1. The average molecular weight is 289 g/mol. The third-order valence-corrected chi connectivity index (χ3v) is 2.90. The zero-order chi connectivity index (χ0) is 14.8. The molecule has 0 aliphatic heterocycles. The van der Waals surface area contributed by atoms with Gasteiger partial charge in [0.2, 0.25) is 0 Å². The SMILES string of the molecule is COc1cc(COc2nc(N)c3cn[nH]c3n2)ccc1F. The van der Waals surface area contributed by atoms with E-state index >= 15 is 0 Å². The lowest BCUT2D eigenvalue weighted by Gasteiger charge is -2.07. The van der Waals surface area contributed by atoms with Gasteiger partial charge in [-0.05, 0) is 17.7 Å². The minimum absolute atomic E-state index is 0.118. The van der Waals surface area contributed by atoms with Crippen LogP contribution in [0, 0.1) is 5.82 Å². The zero-order valence-electron chi connectivity index (χ0n) is 11.1. The standard InChI is InChI=1S/C13H12FN5O2/c1-20-10-4-7(2-3-9(10)14)6-21-13-17-11(15)8-5-16-19-12(8)18-13/h2-5H,6H2,1H3,(H3,15,16,17,18,19). The number of aromatic amines is 1. The smallest absolute Gasteiger partial charge is 0.320 e. The Morgan fingerprint density at radius 1 is 1.33 bits per heavy atom. The predicted octanol–water partition coefficient (Wildman–Crippen LogP) is 1.66. The Bertz CT molecular complexity index is 789. The van der Waals surface area contributed by atoms with Crippen LogP contribution in [-0.2, 0) is 6.61 Å². The number of hydrogen-bond acceptors (Lipinski definition) is 6. The first-order valence-electron chi connectivity index (χ1n) is 6.09.